The minimum absolute atomic E-state index is 0.531. The highest BCUT2D eigenvalue weighted by molar-refractivity contribution is 9.10. The summed E-state index contributed by atoms with van der Waals surface area (Å²) in [4.78, 5) is 4.93. The third kappa shape index (κ3) is 2.93. The van der Waals surface area contributed by atoms with Gasteiger partial charge < -0.3 is 10.2 Å². The molecule has 0 saturated carbocycles. The highest BCUT2D eigenvalue weighted by Crippen LogP contribution is 2.35. The molecule has 20 heavy (non-hydrogen) atoms. The van der Waals surface area contributed by atoms with E-state index in [0.717, 1.165) is 6.54 Å². The molecule has 3 nitrogen and oxygen atoms in total. The number of piperazine rings is 1. The summed E-state index contributed by atoms with van der Waals surface area (Å²) in [5, 5.41) is 3.80. The van der Waals surface area contributed by atoms with Crippen LogP contribution >= 0.6 is 15.9 Å². The quantitative estimate of drug-likeness (QED) is 0.912. The first-order valence-corrected chi connectivity index (χ1v) is 8.34. The lowest BCUT2D eigenvalue weighted by Gasteiger charge is -2.38. The van der Waals surface area contributed by atoms with Crippen LogP contribution in [0.3, 0.4) is 0 Å². The lowest BCUT2D eigenvalue weighted by atomic mass is 10.1. The zero-order valence-corrected chi connectivity index (χ0v) is 14.0. The maximum Gasteiger partial charge on any atom is 0.0345 e. The fourth-order valence-corrected chi connectivity index (χ4v) is 4.00. The Morgan fingerprint density at radius 3 is 3.00 bits per heavy atom. The second-order valence-corrected chi connectivity index (χ2v) is 7.06. The summed E-state index contributed by atoms with van der Waals surface area (Å²) >= 11 is 3.68. The van der Waals surface area contributed by atoms with Crippen LogP contribution in [0.4, 0.5) is 0 Å². The number of likely N-dealkylation sites (N-methyl/N-ethyl adjacent to an activating group) is 2. The van der Waals surface area contributed by atoms with E-state index in [1.165, 1.54) is 48.1 Å². The van der Waals surface area contributed by atoms with E-state index in [9.17, 15) is 0 Å². The van der Waals surface area contributed by atoms with E-state index in [0.29, 0.717) is 12.1 Å². The molecular formula is C16H24BrN3. The Bertz CT molecular complexity index is 477. The average Bonchev–Trinajstić information content (AvgIpc) is 2.85. The van der Waals surface area contributed by atoms with Crippen LogP contribution in [0.15, 0.2) is 22.7 Å². The molecule has 0 bridgehead atoms. The van der Waals surface area contributed by atoms with Crippen LogP contribution in [0.5, 0.6) is 0 Å². The van der Waals surface area contributed by atoms with E-state index < -0.39 is 0 Å². The first kappa shape index (κ1) is 14.5. The Kier molecular flexibility index (Phi) is 4.46. The molecule has 1 aliphatic carbocycles. The third-order valence-corrected chi connectivity index (χ3v) is 5.54. The molecule has 1 saturated heterocycles. The first-order valence-electron chi connectivity index (χ1n) is 7.54. The number of rotatable bonds is 3. The highest BCUT2D eigenvalue weighted by atomic mass is 79.9. The van der Waals surface area contributed by atoms with Gasteiger partial charge in [0.15, 0.2) is 0 Å². The lowest BCUT2D eigenvalue weighted by molar-refractivity contribution is 0.111. The molecule has 0 amide bonds. The molecule has 3 rings (SSSR count). The predicted octanol–water partition coefficient (Wildman–Crippen LogP) is 2.27. The number of nitrogens with one attached hydrogen (secondary N) is 1. The maximum absolute atomic E-state index is 3.80. The van der Waals surface area contributed by atoms with E-state index in [1.807, 2.05) is 0 Å². The molecule has 2 atom stereocenters. The van der Waals surface area contributed by atoms with Gasteiger partial charge in [0.25, 0.3) is 0 Å². The van der Waals surface area contributed by atoms with E-state index in [-0.39, 0.29) is 0 Å². The summed E-state index contributed by atoms with van der Waals surface area (Å²) in [6, 6.07) is 7.75. The second kappa shape index (κ2) is 6.14. The van der Waals surface area contributed by atoms with Crippen molar-refractivity contribution in [1.29, 1.82) is 0 Å². The normalized spacial score (nSPS) is 27.8. The van der Waals surface area contributed by atoms with Gasteiger partial charge in [0.05, 0.1) is 0 Å². The Balaban J connectivity index is 1.62. The topological polar surface area (TPSA) is 18.5 Å². The van der Waals surface area contributed by atoms with Gasteiger partial charge in [-0.1, -0.05) is 28.1 Å². The minimum Gasteiger partial charge on any atom is -0.308 e. The van der Waals surface area contributed by atoms with E-state index >= 15 is 0 Å². The number of hydrogen-bond acceptors (Lipinski definition) is 3. The first-order chi connectivity index (χ1) is 9.65. The SMILES string of the molecule is CN1CCN(C)[C@H](CN[C@@H]2CCc3c(Br)cccc32)C1. The molecule has 1 fully saturated rings. The van der Waals surface area contributed by atoms with Crippen molar-refractivity contribution in [3.63, 3.8) is 0 Å². The van der Waals surface area contributed by atoms with Gasteiger partial charge >= 0.3 is 0 Å². The number of fused-ring (bicyclic) bond motifs is 1. The van der Waals surface area contributed by atoms with E-state index in [1.54, 1.807) is 0 Å². The third-order valence-electron chi connectivity index (χ3n) is 4.79. The molecule has 4 heteroatoms. The number of hydrogen-bond donors (Lipinski definition) is 1. The molecule has 1 aliphatic heterocycles. The molecule has 0 unspecified atom stereocenters. The van der Waals surface area contributed by atoms with Gasteiger partial charge in [-0.3, -0.25) is 4.90 Å². The standard InChI is InChI=1S/C16H24BrN3/c1-19-8-9-20(2)12(11-19)10-18-16-7-6-13-14(16)4-3-5-15(13)17/h3-5,12,16,18H,6-11H2,1-2H3/t12-,16-/m1/s1. The molecule has 1 heterocycles. The largest absolute Gasteiger partial charge is 0.308 e. The van der Waals surface area contributed by atoms with Gasteiger partial charge in [0, 0.05) is 42.7 Å². The van der Waals surface area contributed by atoms with Crippen molar-refractivity contribution in [2.24, 2.45) is 0 Å². The van der Waals surface area contributed by atoms with Crippen molar-refractivity contribution in [3.05, 3.63) is 33.8 Å². The van der Waals surface area contributed by atoms with Gasteiger partial charge in [-0.15, -0.1) is 0 Å². The minimum atomic E-state index is 0.531. The van der Waals surface area contributed by atoms with Gasteiger partial charge in [0.1, 0.15) is 0 Å². The van der Waals surface area contributed by atoms with Gasteiger partial charge in [-0.2, -0.15) is 0 Å². The molecule has 1 N–H and O–H groups in total. The Hall–Kier alpha value is -0.420. The Labute approximate surface area is 130 Å². The molecule has 0 radical (unpaired) electrons. The monoisotopic (exact) mass is 337 g/mol. The fourth-order valence-electron chi connectivity index (χ4n) is 3.42. The smallest absolute Gasteiger partial charge is 0.0345 e. The van der Waals surface area contributed by atoms with Gasteiger partial charge in [0.2, 0.25) is 0 Å². The summed E-state index contributed by atoms with van der Waals surface area (Å²) in [5.41, 5.74) is 2.99. The Morgan fingerprint density at radius 1 is 1.30 bits per heavy atom. The molecule has 2 aliphatic rings. The van der Waals surface area contributed by atoms with Crippen LogP contribution in [0, 0.1) is 0 Å². The molecule has 1 aromatic rings. The molecule has 0 aromatic heterocycles. The van der Waals surface area contributed by atoms with Crippen LogP contribution in [-0.2, 0) is 6.42 Å². The van der Waals surface area contributed by atoms with Crippen molar-refractivity contribution in [1.82, 2.24) is 15.1 Å². The summed E-state index contributed by atoms with van der Waals surface area (Å²) < 4.78 is 1.27. The summed E-state index contributed by atoms with van der Waals surface area (Å²) in [5.74, 6) is 0. The van der Waals surface area contributed by atoms with Gasteiger partial charge in [-0.05, 0) is 44.1 Å². The predicted molar refractivity (Wildman–Crippen MR) is 87.1 cm³/mol. The average molecular weight is 338 g/mol. The van der Waals surface area contributed by atoms with Crippen LogP contribution in [0.25, 0.3) is 0 Å². The summed E-state index contributed by atoms with van der Waals surface area (Å²) in [7, 11) is 4.47. The molecule has 110 valence electrons. The summed E-state index contributed by atoms with van der Waals surface area (Å²) in [6.45, 7) is 4.61. The van der Waals surface area contributed by atoms with E-state index in [2.05, 4.69) is 63.3 Å². The zero-order chi connectivity index (χ0) is 14.1. The van der Waals surface area contributed by atoms with Crippen LogP contribution in [0.1, 0.15) is 23.6 Å². The number of nitrogens with zero attached hydrogens (tertiary/aromatic N) is 2. The van der Waals surface area contributed by atoms with E-state index in [4.69, 9.17) is 0 Å². The lowest BCUT2D eigenvalue weighted by Crippen LogP contribution is -2.54. The van der Waals surface area contributed by atoms with Crippen molar-refractivity contribution in [3.8, 4) is 0 Å². The Morgan fingerprint density at radius 2 is 2.15 bits per heavy atom. The van der Waals surface area contributed by atoms with Crippen LogP contribution in [0.2, 0.25) is 0 Å². The fraction of sp³-hybridized carbons (Fsp3) is 0.625. The highest BCUT2D eigenvalue weighted by Gasteiger charge is 2.26. The molecular weight excluding hydrogens is 314 g/mol. The van der Waals surface area contributed by atoms with Crippen molar-refractivity contribution >= 4 is 15.9 Å². The summed E-state index contributed by atoms with van der Waals surface area (Å²) in [6.07, 6.45) is 2.42. The zero-order valence-electron chi connectivity index (χ0n) is 12.4. The maximum atomic E-state index is 3.80. The molecule has 0 spiro atoms. The van der Waals surface area contributed by atoms with Crippen molar-refractivity contribution < 1.29 is 0 Å². The number of benzene rings is 1. The second-order valence-electron chi connectivity index (χ2n) is 6.20. The van der Waals surface area contributed by atoms with Crippen LogP contribution in [-0.4, -0.2) is 56.1 Å². The van der Waals surface area contributed by atoms with Gasteiger partial charge in [-0.25, -0.2) is 0 Å². The van der Waals surface area contributed by atoms with Crippen molar-refractivity contribution in [2.45, 2.75) is 24.9 Å². The number of halogens is 1. The molecule has 1 aromatic carbocycles. The van der Waals surface area contributed by atoms with Crippen LogP contribution < -0.4 is 5.32 Å². The van der Waals surface area contributed by atoms with Crippen molar-refractivity contribution in [2.75, 3.05) is 40.3 Å².